The molecule has 1 amide bonds. The van der Waals surface area contributed by atoms with Crippen LogP contribution in [0.3, 0.4) is 0 Å². The van der Waals surface area contributed by atoms with Crippen molar-refractivity contribution in [2.24, 2.45) is 0 Å². The Morgan fingerprint density at radius 2 is 1.88 bits per heavy atom. The monoisotopic (exact) mass is 451 g/mol. The summed E-state index contributed by atoms with van der Waals surface area (Å²) in [6.07, 6.45) is 1.54. The number of likely N-dealkylation sites (N-methyl/N-ethyl adjacent to an activating group) is 2. The smallest absolute Gasteiger partial charge is 0.257 e. The van der Waals surface area contributed by atoms with Gasteiger partial charge >= 0.3 is 0 Å². The largest absolute Gasteiger partial charge is 0.360 e. The van der Waals surface area contributed by atoms with Crippen LogP contribution in [-0.2, 0) is 0 Å². The third-order valence-electron chi connectivity index (χ3n) is 5.22. The van der Waals surface area contributed by atoms with E-state index in [0.717, 1.165) is 34.9 Å². The molecule has 0 aliphatic carbocycles. The molecule has 0 fully saturated rings. The molecule has 4 rings (SSSR count). The number of amides is 1. The van der Waals surface area contributed by atoms with Crippen molar-refractivity contribution in [2.45, 2.75) is 10.4 Å². The van der Waals surface area contributed by atoms with Gasteiger partial charge in [-0.1, -0.05) is 11.8 Å². The maximum absolute atomic E-state index is 13.1. The van der Waals surface area contributed by atoms with E-state index in [2.05, 4.69) is 46.6 Å². The fraction of sp³-hybridized carbons (Fsp3) is 0.250. The van der Waals surface area contributed by atoms with Crippen molar-refractivity contribution >= 4 is 29.0 Å². The molecule has 2 aromatic carbocycles. The van der Waals surface area contributed by atoms with Crippen LogP contribution in [-0.4, -0.2) is 60.4 Å². The molecule has 1 aliphatic rings. The number of carbonyl (C=O) groups is 1. The Labute approximate surface area is 191 Å². The molecule has 0 radical (unpaired) electrons. The van der Waals surface area contributed by atoms with Gasteiger partial charge in [-0.2, -0.15) is 0 Å². The van der Waals surface area contributed by atoms with Crippen molar-refractivity contribution in [2.75, 3.05) is 44.9 Å². The van der Waals surface area contributed by atoms with Crippen LogP contribution in [0.1, 0.15) is 10.4 Å². The van der Waals surface area contributed by atoms with Crippen LogP contribution in [0.2, 0.25) is 0 Å². The second-order valence-electron chi connectivity index (χ2n) is 8.00. The number of halogens is 1. The summed E-state index contributed by atoms with van der Waals surface area (Å²) in [5.41, 5.74) is 3.92. The molecule has 2 heterocycles. The fourth-order valence-electron chi connectivity index (χ4n) is 3.30. The highest BCUT2D eigenvalue weighted by Gasteiger charge is 2.25. The van der Waals surface area contributed by atoms with E-state index in [1.54, 1.807) is 36.0 Å². The van der Waals surface area contributed by atoms with E-state index in [-0.39, 0.29) is 17.2 Å². The van der Waals surface area contributed by atoms with Gasteiger partial charge in [0.1, 0.15) is 11.3 Å². The van der Waals surface area contributed by atoms with Crippen molar-refractivity contribution in [3.05, 3.63) is 72.2 Å². The normalized spacial score (nSPS) is 15.0. The molecule has 32 heavy (non-hydrogen) atoms. The Hall–Kier alpha value is -2.94. The number of rotatable bonds is 7. The van der Waals surface area contributed by atoms with Gasteiger partial charge in [0.05, 0.1) is 11.3 Å². The molecule has 3 aromatic rings. The molecule has 2 N–H and O–H groups in total. The maximum atomic E-state index is 13.1. The first kappa shape index (κ1) is 22.3. The van der Waals surface area contributed by atoms with Gasteiger partial charge in [0.15, 0.2) is 0 Å². The fourth-order valence-corrected chi connectivity index (χ4v) is 4.46. The number of nitrogens with one attached hydrogen (secondary N) is 2. The number of hydrogen-bond acceptors (Lipinski definition) is 6. The zero-order valence-corrected chi connectivity index (χ0v) is 19.1. The Morgan fingerprint density at radius 3 is 2.56 bits per heavy atom. The highest BCUT2D eigenvalue weighted by molar-refractivity contribution is 8.00. The molecule has 8 heteroatoms. The van der Waals surface area contributed by atoms with Gasteiger partial charge in [-0.05, 0) is 75.7 Å². The van der Waals surface area contributed by atoms with E-state index < -0.39 is 0 Å². The number of nitrogens with zero attached hydrogens (tertiary/aromatic N) is 3. The molecule has 1 aromatic heterocycles. The zero-order valence-electron chi connectivity index (χ0n) is 18.3. The number of thioether (sulfide) groups is 1. The average molecular weight is 452 g/mol. The first-order valence-corrected chi connectivity index (χ1v) is 11.2. The molecule has 0 saturated carbocycles. The molecular weight excluding hydrogens is 425 g/mol. The van der Waals surface area contributed by atoms with Crippen molar-refractivity contribution < 1.29 is 9.18 Å². The first-order chi connectivity index (χ1) is 15.4. The van der Waals surface area contributed by atoms with Gasteiger partial charge < -0.3 is 15.5 Å². The number of aromatic nitrogens is 1. The highest BCUT2D eigenvalue weighted by Crippen LogP contribution is 2.40. The van der Waals surface area contributed by atoms with Gasteiger partial charge in [-0.3, -0.25) is 14.7 Å². The molecule has 0 saturated heterocycles. The van der Waals surface area contributed by atoms with Crippen LogP contribution in [0.25, 0.3) is 11.3 Å². The third-order valence-corrected chi connectivity index (χ3v) is 6.52. The van der Waals surface area contributed by atoms with Gasteiger partial charge in [0.2, 0.25) is 0 Å². The number of carbonyl (C=O) groups excluding carboxylic acids is 1. The minimum Gasteiger partial charge on any atom is -0.360 e. The molecular formula is C24H26FN5OS. The van der Waals surface area contributed by atoms with E-state index in [1.807, 2.05) is 18.2 Å². The summed E-state index contributed by atoms with van der Waals surface area (Å²) < 4.78 is 13.1. The second kappa shape index (κ2) is 9.68. The molecule has 0 spiro atoms. The minimum absolute atomic E-state index is 0.166. The lowest BCUT2D eigenvalue weighted by atomic mass is 10.1. The van der Waals surface area contributed by atoms with Crippen LogP contribution >= 0.6 is 11.8 Å². The molecule has 166 valence electrons. The van der Waals surface area contributed by atoms with Gasteiger partial charge in [0, 0.05) is 41.1 Å². The Balaban J connectivity index is 1.39. The lowest BCUT2D eigenvalue weighted by molar-refractivity contribution is 0.102. The second-order valence-corrected chi connectivity index (χ2v) is 9.12. The molecule has 1 aliphatic heterocycles. The number of hydrogen-bond donors (Lipinski definition) is 2. The summed E-state index contributed by atoms with van der Waals surface area (Å²) in [7, 11) is 6.24. The summed E-state index contributed by atoms with van der Waals surface area (Å²) in [5, 5.41) is 6.47. The van der Waals surface area contributed by atoms with Crippen molar-refractivity contribution in [3.63, 3.8) is 0 Å². The number of pyridine rings is 1. The van der Waals surface area contributed by atoms with E-state index >= 15 is 0 Å². The Bertz CT molecular complexity index is 1090. The van der Waals surface area contributed by atoms with Crippen LogP contribution in [0.5, 0.6) is 0 Å². The van der Waals surface area contributed by atoms with Crippen molar-refractivity contribution in [1.82, 2.24) is 14.8 Å². The number of fused-ring (bicyclic) bond motifs is 1. The van der Waals surface area contributed by atoms with E-state index in [9.17, 15) is 9.18 Å². The summed E-state index contributed by atoms with van der Waals surface area (Å²) in [6.45, 7) is 1.94. The van der Waals surface area contributed by atoms with Gasteiger partial charge in [-0.25, -0.2) is 4.39 Å². The predicted molar refractivity (Wildman–Crippen MR) is 128 cm³/mol. The first-order valence-electron chi connectivity index (χ1n) is 10.3. The van der Waals surface area contributed by atoms with Crippen LogP contribution in [0, 0.1) is 5.82 Å². The summed E-state index contributed by atoms with van der Waals surface area (Å²) >= 11 is 1.74. The number of anilines is 2. The number of benzene rings is 2. The standard InChI is InChI=1S/C24H26FN5OS/c1-29(2)12-13-30(3)24-28-21-11-9-19(14-22(21)32-24)27-23(31)17-6-10-20(26-15-17)16-4-7-18(25)8-5-16/h4-11,14-15,24,28H,12-13H2,1-3H3,(H,27,31). The summed E-state index contributed by atoms with van der Waals surface area (Å²) in [5.74, 6) is -0.516. The Morgan fingerprint density at radius 1 is 1.09 bits per heavy atom. The lowest BCUT2D eigenvalue weighted by Gasteiger charge is -2.25. The van der Waals surface area contributed by atoms with Crippen LogP contribution in [0.15, 0.2) is 65.7 Å². The van der Waals surface area contributed by atoms with Gasteiger partial charge in [0.25, 0.3) is 5.91 Å². The van der Waals surface area contributed by atoms with E-state index in [1.165, 1.54) is 18.3 Å². The van der Waals surface area contributed by atoms with Gasteiger partial charge in [-0.15, -0.1) is 0 Å². The lowest BCUT2D eigenvalue weighted by Crippen LogP contribution is -2.37. The zero-order chi connectivity index (χ0) is 22.7. The predicted octanol–water partition coefficient (Wildman–Crippen LogP) is 4.43. The minimum atomic E-state index is -0.293. The SMILES string of the molecule is CN(C)CCN(C)C1Nc2ccc(NC(=O)c3ccc(-c4ccc(F)cc4)nc3)cc2S1. The summed E-state index contributed by atoms with van der Waals surface area (Å²) in [4.78, 5) is 22.6. The third kappa shape index (κ3) is 5.27. The van der Waals surface area contributed by atoms with Crippen LogP contribution < -0.4 is 10.6 Å². The molecule has 1 atom stereocenters. The molecule has 6 nitrogen and oxygen atoms in total. The van der Waals surface area contributed by atoms with E-state index in [0.29, 0.717) is 11.3 Å². The maximum Gasteiger partial charge on any atom is 0.257 e. The van der Waals surface area contributed by atoms with Crippen LogP contribution in [0.4, 0.5) is 15.8 Å². The van der Waals surface area contributed by atoms with Crippen molar-refractivity contribution in [3.8, 4) is 11.3 Å². The Kier molecular flexibility index (Phi) is 6.74. The highest BCUT2D eigenvalue weighted by atomic mass is 32.2. The topological polar surface area (TPSA) is 60.5 Å². The summed E-state index contributed by atoms with van der Waals surface area (Å²) in [6, 6.07) is 15.5. The quantitative estimate of drug-likeness (QED) is 0.554. The molecule has 0 bridgehead atoms. The molecule has 1 unspecified atom stereocenters. The average Bonchev–Trinajstić information content (AvgIpc) is 3.21. The van der Waals surface area contributed by atoms with Crippen molar-refractivity contribution in [1.29, 1.82) is 0 Å². The van der Waals surface area contributed by atoms with E-state index in [4.69, 9.17) is 0 Å².